The zero-order valence-corrected chi connectivity index (χ0v) is 21.6. The second-order valence-electron chi connectivity index (χ2n) is 10.7. The van der Waals surface area contributed by atoms with Crippen molar-refractivity contribution < 1.29 is 24.2 Å². The number of carbonyl (C=O) groups is 3. The number of likely N-dealkylation sites (tertiary alicyclic amines) is 1. The van der Waals surface area contributed by atoms with E-state index in [4.69, 9.17) is 16.3 Å². The molecule has 3 N–H and O–H groups in total. The third kappa shape index (κ3) is 4.34. The monoisotopic (exact) mass is 505 g/mol. The highest BCUT2D eigenvalue weighted by atomic mass is 35.5. The third-order valence-corrected chi connectivity index (χ3v) is 8.01. The van der Waals surface area contributed by atoms with Gasteiger partial charge in [-0.05, 0) is 62.8 Å². The molecular weight excluding hydrogens is 470 g/mol. The average molecular weight is 506 g/mol. The minimum atomic E-state index is -1.12. The van der Waals surface area contributed by atoms with Crippen molar-refractivity contribution in [1.82, 2.24) is 10.2 Å². The van der Waals surface area contributed by atoms with Gasteiger partial charge in [0.2, 0.25) is 17.7 Å². The molecule has 3 heterocycles. The second-order valence-corrected chi connectivity index (χ2v) is 11.2. The highest BCUT2D eigenvalue weighted by Gasteiger charge is 2.78. The predicted molar refractivity (Wildman–Crippen MR) is 133 cm³/mol. The molecule has 1 spiro atoms. The minimum absolute atomic E-state index is 0.191. The van der Waals surface area contributed by atoms with Crippen LogP contribution in [0.1, 0.15) is 53.4 Å². The summed E-state index contributed by atoms with van der Waals surface area (Å²) in [5.74, 6) is -2.16. The van der Waals surface area contributed by atoms with Gasteiger partial charge in [0, 0.05) is 17.3 Å². The van der Waals surface area contributed by atoms with Crippen LogP contribution in [0.2, 0.25) is 5.02 Å². The maximum Gasteiger partial charge on any atom is 0.250 e. The molecule has 35 heavy (non-hydrogen) atoms. The Morgan fingerprint density at radius 1 is 1.23 bits per heavy atom. The number of hydrogen-bond donors (Lipinski definition) is 3. The standard InChI is InChI=1S/C26H36ClN3O5/c1-5-12-28-22(32)19-20-24(34)30(18(14-31)13-15(2)3)21(26(20)11-10-25(19,4)35-26)23(33)29-17-8-6-16(27)7-9-17/h6-9,15,18-21,31H,5,10-14H2,1-4H3,(H,28,32)(H,29,33)/t18-,19+,20+,21?,25-,26?/m1/s1. The van der Waals surface area contributed by atoms with E-state index < -0.39 is 35.1 Å². The van der Waals surface area contributed by atoms with Gasteiger partial charge in [-0.3, -0.25) is 14.4 Å². The number of halogens is 1. The molecule has 3 fully saturated rings. The minimum Gasteiger partial charge on any atom is -0.394 e. The summed E-state index contributed by atoms with van der Waals surface area (Å²) in [4.78, 5) is 42.7. The molecule has 0 radical (unpaired) electrons. The van der Waals surface area contributed by atoms with Gasteiger partial charge in [0.1, 0.15) is 11.6 Å². The lowest BCUT2D eigenvalue weighted by molar-refractivity contribution is -0.148. The van der Waals surface area contributed by atoms with E-state index >= 15 is 0 Å². The van der Waals surface area contributed by atoms with Crippen LogP contribution in [0.3, 0.4) is 0 Å². The van der Waals surface area contributed by atoms with Crippen molar-refractivity contribution in [2.45, 2.75) is 76.7 Å². The summed E-state index contributed by atoms with van der Waals surface area (Å²) in [6.07, 6.45) is 2.37. The number of nitrogens with zero attached hydrogens (tertiary/aromatic N) is 1. The van der Waals surface area contributed by atoms with Crippen LogP contribution in [0, 0.1) is 17.8 Å². The zero-order valence-electron chi connectivity index (χ0n) is 20.8. The largest absolute Gasteiger partial charge is 0.394 e. The number of benzene rings is 1. The topological polar surface area (TPSA) is 108 Å². The second kappa shape index (κ2) is 9.71. The Hall–Kier alpha value is -2.16. The molecular formula is C26H36ClN3O5. The highest BCUT2D eigenvalue weighted by molar-refractivity contribution is 6.30. The van der Waals surface area contributed by atoms with Gasteiger partial charge < -0.3 is 25.4 Å². The number of nitrogens with one attached hydrogen (secondary N) is 2. The predicted octanol–water partition coefficient (Wildman–Crippen LogP) is 2.98. The van der Waals surface area contributed by atoms with E-state index in [0.29, 0.717) is 36.5 Å². The molecule has 192 valence electrons. The molecule has 6 atom stereocenters. The van der Waals surface area contributed by atoms with Crippen LogP contribution in [0.4, 0.5) is 5.69 Å². The molecule has 9 heteroatoms. The summed E-state index contributed by atoms with van der Waals surface area (Å²) >= 11 is 6.00. The molecule has 3 aliphatic rings. The van der Waals surface area contributed by atoms with Gasteiger partial charge in [0.15, 0.2) is 0 Å². The van der Waals surface area contributed by atoms with Crippen molar-refractivity contribution in [2.24, 2.45) is 17.8 Å². The molecule has 0 aromatic heterocycles. The van der Waals surface area contributed by atoms with E-state index in [0.717, 1.165) is 6.42 Å². The van der Waals surface area contributed by atoms with Gasteiger partial charge >= 0.3 is 0 Å². The summed E-state index contributed by atoms with van der Waals surface area (Å²) in [5, 5.41) is 16.7. The van der Waals surface area contributed by atoms with Crippen LogP contribution in [0.5, 0.6) is 0 Å². The molecule has 3 saturated heterocycles. The zero-order chi connectivity index (χ0) is 25.5. The van der Waals surface area contributed by atoms with Crippen molar-refractivity contribution >= 4 is 35.0 Å². The fourth-order valence-corrected chi connectivity index (χ4v) is 6.51. The first-order valence-corrected chi connectivity index (χ1v) is 12.9. The van der Waals surface area contributed by atoms with E-state index in [2.05, 4.69) is 10.6 Å². The first kappa shape index (κ1) is 25.9. The van der Waals surface area contributed by atoms with E-state index in [1.165, 1.54) is 4.90 Å². The Kier molecular flexibility index (Phi) is 7.19. The first-order valence-electron chi connectivity index (χ1n) is 12.5. The van der Waals surface area contributed by atoms with Gasteiger partial charge in [0.25, 0.3) is 0 Å². The van der Waals surface area contributed by atoms with Crippen molar-refractivity contribution in [2.75, 3.05) is 18.5 Å². The number of aliphatic hydroxyl groups is 1. The summed E-state index contributed by atoms with van der Waals surface area (Å²) in [7, 11) is 0. The van der Waals surface area contributed by atoms with Crippen molar-refractivity contribution in [3.63, 3.8) is 0 Å². The number of hydrogen-bond acceptors (Lipinski definition) is 5. The fraction of sp³-hybridized carbons (Fsp3) is 0.654. The molecule has 2 unspecified atom stereocenters. The normalized spacial score (nSPS) is 32.1. The van der Waals surface area contributed by atoms with Gasteiger partial charge in [0.05, 0.1) is 30.1 Å². The summed E-state index contributed by atoms with van der Waals surface area (Å²) in [5.41, 5.74) is -1.40. The number of amides is 3. The maximum atomic E-state index is 14.1. The molecule has 2 bridgehead atoms. The summed E-state index contributed by atoms with van der Waals surface area (Å²) < 4.78 is 6.59. The lowest BCUT2D eigenvalue weighted by atomic mass is 9.66. The van der Waals surface area contributed by atoms with E-state index in [1.54, 1.807) is 24.3 Å². The van der Waals surface area contributed by atoms with Gasteiger partial charge in [-0.1, -0.05) is 32.4 Å². The molecule has 0 aliphatic carbocycles. The quantitative estimate of drug-likeness (QED) is 0.478. The Bertz CT molecular complexity index is 986. The fourth-order valence-electron chi connectivity index (χ4n) is 6.38. The first-order chi connectivity index (χ1) is 16.6. The van der Waals surface area contributed by atoms with E-state index in [1.807, 2.05) is 27.7 Å². The number of rotatable bonds is 9. The summed E-state index contributed by atoms with van der Waals surface area (Å²) in [6, 6.07) is 5.23. The van der Waals surface area contributed by atoms with Crippen LogP contribution in [0.25, 0.3) is 0 Å². The number of carbonyl (C=O) groups excluding carboxylic acids is 3. The Morgan fingerprint density at radius 3 is 2.51 bits per heavy atom. The highest BCUT2D eigenvalue weighted by Crippen LogP contribution is 2.63. The van der Waals surface area contributed by atoms with E-state index in [-0.39, 0.29) is 30.2 Å². The lowest BCUT2D eigenvalue weighted by Crippen LogP contribution is -2.56. The van der Waals surface area contributed by atoms with E-state index in [9.17, 15) is 19.5 Å². The smallest absolute Gasteiger partial charge is 0.250 e. The van der Waals surface area contributed by atoms with Crippen molar-refractivity contribution in [3.05, 3.63) is 29.3 Å². The Labute approximate surface area is 211 Å². The number of anilines is 1. The third-order valence-electron chi connectivity index (χ3n) is 7.75. The molecule has 1 aromatic carbocycles. The van der Waals surface area contributed by atoms with Gasteiger partial charge in [-0.15, -0.1) is 0 Å². The molecule has 4 rings (SSSR count). The van der Waals surface area contributed by atoms with Crippen LogP contribution in [0.15, 0.2) is 24.3 Å². The molecule has 1 aromatic rings. The average Bonchev–Trinajstić information content (AvgIpc) is 3.38. The lowest BCUT2D eigenvalue weighted by Gasteiger charge is -2.37. The Morgan fingerprint density at radius 2 is 1.91 bits per heavy atom. The molecule has 8 nitrogen and oxygen atoms in total. The van der Waals surface area contributed by atoms with Crippen LogP contribution >= 0.6 is 11.6 Å². The van der Waals surface area contributed by atoms with Crippen LogP contribution in [-0.4, -0.2) is 64.2 Å². The molecule has 0 saturated carbocycles. The van der Waals surface area contributed by atoms with Gasteiger partial charge in [-0.25, -0.2) is 0 Å². The Balaban J connectivity index is 1.75. The number of fused-ring (bicyclic) bond motifs is 1. The van der Waals surface area contributed by atoms with Crippen LogP contribution < -0.4 is 10.6 Å². The van der Waals surface area contributed by atoms with Crippen LogP contribution in [-0.2, 0) is 19.1 Å². The SMILES string of the molecule is CCCNC(=O)[C@@H]1[C@H]2C(=O)N([C@@H](CO)CC(C)C)C(C(=O)Nc3ccc(Cl)cc3)C23CC[C@@]1(C)O3. The number of aliphatic hydroxyl groups excluding tert-OH is 1. The molecule has 3 aliphatic heterocycles. The van der Waals surface area contributed by atoms with Crippen molar-refractivity contribution in [1.29, 1.82) is 0 Å². The summed E-state index contributed by atoms with van der Waals surface area (Å²) in [6.45, 7) is 8.10. The maximum absolute atomic E-state index is 14.1. The van der Waals surface area contributed by atoms with Gasteiger partial charge in [-0.2, -0.15) is 0 Å². The molecule has 3 amide bonds. The number of ether oxygens (including phenoxy) is 1. The van der Waals surface area contributed by atoms with Crippen molar-refractivity contribution in [3.8, 4) is 0 Å².